The first kappa shape index (κ1) is 9.61. The second-order valence-corrected chi connectivity index (χ2v) is 3.77. The summed E-state index contributed by atoms with van der Waals surface area (Å²) in [6, 6.07) is 17.6. The molecular weight excluding hydrogens is 210 g/mol. The lowest BCUT2D eigenvalue weighted by Crippen LogP contribution is -1.91. The normalized spacial score (nSPS) is 10.3. The van der Waals surface area contributed by atoms with Gasteiger partial charge in [-0.2, -0.15) is 5.26 Å². The fraction of sp³-hybridized carbons (Fsp3) is 0. The topological polar surface area (TPSA) is 41.6 Å². The Morgan fingerprint density at radius 1 is 1.06 bits per heavy atom. The van der Waals surface area contributed by atoms with Gasteiger partial charge in [0.2, 0.25) is 0 Å². The number of nitriles is 1. The summed E-state index contributed by atoms with van der Waals surface area (Å²) in [5.74, 6) is 0. The Bertz CT molecular complexity index is 705. The van der Waals surface area contributed by atoms with Gasteiger partial charge in [0.25, 0.3) is 0 Å². The number of aromatic nitrogens is 2. The third-order valence-electron chi connectivity index (χ3n) is 2.71. The molecule has 3 nitrogen and oxygen atoms in total. The molecule has 0 bridgehead atoms. The van der Waals surface area contributed by atoms with Gasteiger partial charge in [-0.25, -0.2) is 4.98 Å². The first-order chi connectivity index (χ1) is 8.38. The molecule has 2 aromatic carbocycles. The third-order valence-corrected chi connectivity index (χ3v) is 2.71. The van der Waals surface area contributed by atoms with Gasteiger partial charge in [0.15, 0.2) is 0 Å². The molecule has 0 aliphatic carbocycles. The summed E-state index contributed by atoms with van der Waals surface area (Å²) in [7, 11) is 0. The molecule has 0 saturated heterocycles. The van der Waals surface area contributed by atoms with Gasteiger partial charge in [-0.1, -0.05) is 18.2 Å². The number of fused-ring (bicyclic) bond motifs is 1. The molecule has 0 radical (unpaired) electrons. The molecule has 0 amide bonds. The number of hydrogen-bond acceptors (Lipinski definition) is 2. The molecule has 0 saturated carbocycles. The Hall–Kier alpha value is -2.60. The van der Waals surface area contributed by atoms with Crippen LogP contribution in [-0.4, -0.2) is 9.55 Å². The zero-order valence-electron chi connectivity index (χ0n) is 9.04. The van der Waals surface area contributed by atoms with E-state index in [1.807, 2.05) is 47.0 Å². The zero-order chi connectivity index (χ0) is 11.7. The second kappa shape index (κ2) is 3.76. The van der Waals surface area contributed by atoms with Crippen LogP contribution >= 0.6 is 0 Å². The molecule has 0 spiro atoms. The average molecular weight is 219 g/mol. The minimum Gasteiger partial charge on any atom is -0.299 e. The first-order valence-electron chi connectivity index (χ1n) is 5.31. The maximum atomic E-state index is 8.92. The summed E-state index contributed by atoms with van der Waals surface area (Å²) in [5.41, 5.74) is 3.54. The van der Waals surface area contributed by atoms with Crippen LogP contribution < -0.4 is 0 Å². The predicted molar refractivity (Wildman–Crippen MR) is 65.8 cm³/mol. The van der Waals surface area contributed by atoms with Crippen molar-refractivity contribution in [1.29, 1.82) is 5.26 Å². The number of nitrogens with zero attached hydrogens (tertiary/aromatic N) is 3. The van der Waals surface area contributed by atoms with Gasteiger partial charge in [-0.3, -0.25) is 4.57 Å². The minimum absolute atomic E-state index is 0.648. The van der Waals surface area contributed by atoms with E-state index in [0.29, 0.717) is 5.56 Å². The van der Waals surface area contributed by atoms with Gasteiger partial charge in [0.05, 0.1) is 22.7 Å². The molecule has 17 heavy (non-hydrogen) atoms. The number of hydrogen-bond donors (Lipinski definition) is 0. The van der Waals surface area contributed by atoms with Crippen LogP contribution in [0, 0.1) is 11.3 Å². The van der Waals surface area contributed by atoms with Crippen LogP contribution in [0.2, 0.25) is 0 Å². The zero-order valence-corrected chi connectivity index (χ0v) is 9.04. The molecule has 0 fully saturated rings. The molecule has 3 aromatic rings. The predicted octanol–water partition coefficient (Wildman–Crippen LogP) is 2.90. The van der Waals surface area contributed by atoms with Crippen molar-refractivity contribution in [2.24, 2.45) is 0 Å². The highest BCUT2D eigenvalue weighted by Gasteiger charge is 2.04. The summed E-state index contributed by atoms with van der Waals surface area (Å²) >= 11 is 0. The monoisotopic (exact) mass is 219 g/mol. The van der Waals surface area contributed by atoms with Crippen LogP contribution in [0.3, 0.4) is 0 Å². The van der Waals surface area contributed by atoms with E-state index in [1.54, 1.807) is 12.4 Å². The van der Waals surface area contributed by atoms with Gasteiger partial charge in [0.1, 0.15) is 6.33 Å². The smallest absolute Gasteiger partial charge is 0.100 e. The van der Waals surface area contributed by atoms with E-state index >= 15 is 0 Å². The minimum atomic E-state index is 0.648. The molecule has 80 valence electrons. The Balaban J connectivity index is 2.28. The van der Waals surface area contributed by atoms with E-state index < -0.39 is 0 Å². The molecule has 3 rings (SSSR count). The summed E-state index contributed by atoms with van der Waals surface area (Å²) in [6.45, 7) is 0. The van der Waals surface area contributed by atoms with Gasteiger partial charge in [-0.15, -0.1) is 0 Å². The van der Waals surface area contributed by atoms with Crippen molar-refractivity contribution in [1.82, 2.24) is 9.55 Å². The molecule has 1 aromatic heterocycles. The number of para-hydroxylation sites is 1. The van der Waals surface area contributed by atoms with Crippen LogP contribution in [0.4, 0.5) is 0 Å². The van der Waals surface area contributed by atoms with E-state index in [9.17, 15) is 0 Å². The number of rotatable bonds is 1. The fourth-order valence-electron chi connectivity index (χ4n) is 1.87. The van der Waals surface area contributed by atoms with E-state index in [-0.39, 0.29) is 0 Å². The lowest BCUT2D eigenvalue weighted by molar-refractivity contribution is 1.09. The van der Waals surface area contributed by atoms with Crippen LogP contribution in [0.25, 0.3) is 16.7 Å². The quantitative estimate of drug-likeness (QED) is 0.631. The van der Waals surface area contributed by atoms with Crippen LogP contribution in [0.5, 0.6) is 0 Å². The molecular formula is C14H9N3. The van der Waals surface area contributed by atoms with Crippen LogP contribution in [0.1, 0.15) is 5.56 Å². The highest BCUT2D eigenvalue weighted by atomic mass is 15.0. The summed E-state index contributed by atoms with van der Waals surface area (Å²) < 4.78 is 1.98. The lowest BCUT2D eigenvalue weighted by Gasteiger charge is -2.03. The van der Waals surface area contributed by atoms with E-state index in [0.717, 1.165) is 16.7 Å². The largest absolute Gasteiger partial charge is 0.299 e. The summed E-state index contributed by atoms with van der Waals surface area (Å²) in [6.07, 6.45) is 1.78. The SMILES string of the molecule is N#Cc1ccc2ncn(-c3ccccc3)c2c1. The van der Waals surface area contributed by atoms with Crippen molar-refractivity contribution >= 4 is 11.0 Å². The Morgan fingerprint density at radius 3 is 2.65 bits per heavy atom. The molecule has 3 heteroatoms. The fourth-order valence-corrected chi connectivity index (χ4v) is 1.87. The molecule has 0 aliphatic rings. The van der Waals surface area contributed by atoms with Crippen molar-refractivity contribution in [2.75, 3.05) is 0 Å². The molecule has 0 unspecified atom stereocenters. The highest BCUT2D eigenvalue weighted by Crippen LogP contribution is 2.18. The standard InChI is InChI=1S/C14H9N3/c15-9-11-6-7-13-14(8-11)17(10-16-13)12-4-2-1-3-5-12/h1-8,10H. The Labute approximate surface area is 98.6 Å². The van der Waals surface area contributed by atoms with Gasteiger partial charge in [0, 0.05) is 5.69 Å². The van der Waals surface area contributed by atoms with Crippen LogP contribution in [0.15, 0.2) is 54.9 Å². The third kappa shape index (κ3) is 1.56. The van der Waals surface area contributed by atoms with Gasteiger partial charge < -0.3 is 0 Å². The molecule has 0 atom stereocenters. The van der Waals surface area contributed by atoms with Crippen molar-refractivity contribution in [3.63, 3.8) is 0 Å². The number of imidazole rings is 1. The Kier molecular flexibility index (Phi) is 2.13. The van der Waals surface area contributed by atoms with E-state index in [2.05, 4.69) is 11.1 Å². The van der Waals surface area contributed by atoms with E-state index in [4.69, 9.17) is 5.26 Å². The maximum Gasteiger partial charge on any atom is 0.100 e. The van der Waals surface area contributed by atoms with Crippen molar-refractivity contribution in [3.05, 3.63) is 60.4 Å². The van der Waals surface area contributed by atoms with Gasteiger partial charge in [-0.05, 0) is 30.3 Å². The van der Waals surface area contributed by atoms with Crippen molar-refractivity contribution < 1.29 is 0 Å². The summed E-state index contributed by atoms with van der Waals surface area (Å²) in [4.78, 5) is 4.32. The molecule has 0 N–H and O–H groups in total. The lowest BCUT2D eigenvalue weighted by atomic mass is 10.2. The summed E-state index contributed by atoms with van der Waals surface area (Å²) in [5, 5.41) is 8.92. The Morgan fingerprint density at radius 2 is 1.88 bits per heavy atom. The van der Waals surface area contributed by atoms with Gasteiger partial charge >= 0.3 is 0 Å². The maximum absolute atomic E-state index is 8.92. The molecule has 0 aliphatic heterocycles. The second-order valence-electron chi connectivity index (χ2n) is 3.77. The van der Waals surface area contributed by atoms with Crippen LogP contribution in [-0.2, 0) is 0 Å². The number of benzene rings is 2. The van der Waals surface area contributed by atoms with Crippen molar-refractivity contribution in [2.45, 2.75) is 0 Å². The highest BCUT2D eigenvalue weighted by molar-refractivity contribution is 5.78. The van der Waals surface area contributed by atoms with E-state index in [1.165, 1.54) is 0 Å². The first-order valence-corrected chi connectivity index (χ1v) is 5.31. The average Bonchev–Trinajstić information content (AvgIpc) is 2.82. The molecule has 1 heterocycles. The van der Waals surface area contributed by atoms with Crippen molar-refractivity contribution in [3.8, 4) is 11.8 Å².